The van der Waals surface area contributed by atoms with Crippen LogP contribution in [0.1, 0.15) is 17.6 Å². The summed E-state index contributed by atoms with van der Waals surface area (Å²) in [5, 5.41) is 9.78. The first-order chi connectivity index (χ1) is 10.8. The Hall–Kier alpha value is -2.57. The van der Waals surface area contributed by atoms with Gasteiger partial charge in [0.1, 0.15) is 12.0 Å². The van der Waals surface area contributed by atoms with Crippen LogP contribution in [-0.4, -0.2) is 21.8 Å². The molecule has 2 aromatic carbocycles. The molecule has 0 amide bonds. The number of imidazole rings is 1. The van der Waals surface area contributed by atoms with Crippen molar-refractivity contribution in [2.45, 2.75) is 12.7 Å². The number of nitrogens with one attached hydrogen (secondary N) is 2. The Kier molecular flexibility index (Phi) is 2.99. The summed E-state index contributed by atoms with van der Waals surface area (Å²) in [6.07, 6.45) is -0.120. The molecule has 0 radical (unpaired) electrons. The molecule has 3 aromatic rings. The van der Waals surface area contributed by atoms with E-state index in [1.165, 1.54) is 0 Å². The molecule has 0 saturated carbocycles. The quantitative estimate of drug-likeness (QED) is 0.674. The van der Waals surface area contributed by atoms with Crippen molar-refractivity contribution in [1.82, 2.24) is 20.4 Å². The van der Waals surface area contributed by atoms with Crippen molar-refractivity contribution in [3.63, 3.8) is 0 Å². The minimum Gasteiger partial charge on any atom is -0.504 e. The first-order valence-electron chi connectivity index (χ1n) is 7.09. The van der Waals surface area contributed by atoms with Crippen LogP contribution in [0, 0.1) is 0 Å². The van der Waals surface area contributed by atoms with E-state index in [2.05, 4.69) is 26.5 Å². The van der Waals surface area contributed by atoms with E-state index in [0.29, 0.717) is 12.3 Å². The van der Waals surface area contributed by atoms with Crippen LogP contribution in [0.25, 0.3) is 11.0 Å². The van der Waals surface area contributed by atoms with Crippen LogP contribution in [0.4, 0.5) is 0 Å². The molecule has 4 rings (SSSR count). The molecule has 1 aromatic heterocycles. The molecule has 6 heteroatoms. The highest BCUT2D eigenvalue weighted by molar-refractivity contribution is 5.76. The molecular weight excluding hydrogens is 280 g/mol. The molecular formula is C16H16N4O2. The molecule has 1 aliphatic heterocycles. The van der Waals surface area contributed by atoms with Gasteiger partial charge in [0.2, 0.25) is 0 Å². The fourth-order valence-corrected chi connectivity index (χ4v) is 2.90. The van der Waals surface area contributed by atoms with Crippen molar-refractivity contribution in [2.24, 2.45) is 0 Å². The molecule has 1 atom stereocenters. The Bertz CT molecular complexity index is 843. The summed E-state index contributed by atoms with van der Waals surface area (Å²) < 4.78 is 7.37. The summed E-state index contributed by atoms with van der Waals surface area (Å²) in [5.41, 5.74) is 9.46. The number of benzene rings is 2. The van der Waals surface area contributed by atoms with Gasteiger partial charge in [0, 0.05) is 0 Å². The Balaban J connectivity index is 1.88. The van der Waals surface area contributed by atoms with Crippen LogP contribution in [0.5, 0.6) is 11.5 Å². The third-order valence-electron chi connectivity index (χ3n) is 3.93. The maximum atomic E-state index is 9.78. The molecule has 1 aliphatic rings. The lowest BCUT2D eigenvalue weighted by Gasteiger charge is -2.28. The Morgan fingerprint density at radius 3 is 3.00 bits per heavy atom. The van der Waals surface area contributed by atoms with Crippen molar-refractivity contribution < 1.29 is 9.84 Å². The number of aromatic nitrogens is 2. The molecule has 112 valence electrons. The summed E-state index contributed by atoms with van der Waals surface area (Å²) in [4.78, 5) is 4.67. The third kappa shape index (κ3) is 1.93. The number of para-hydroxylation sites is 2. The van der Waals surface area contributed by atoms with E-state index < -0.39 is 0 Å². The summed E-state index contributed by atoms with van der Waals surface area (Å²) in [7, 11) is 1.55. The van der Waals surface area contributed by atoms with Crippen molar-refractivity contribution >= 4 is 11.0 Å². The van der Waals surface area contributed by atoms with Crippen molar-refractivity contribution in [2.75, 3.05) is 7.11 Å². The summed E-state index contributed by atoms with van der Waals surface area (Å²) in [6.45, 7) is 0.653. The number of nitrogens with zero attached hydrogens (tertiary/aromatic N) is 2. The largest absolute Gasteiger partial charge is 0.504 e. The van der Waals surface area contributed by atoms with Gasteiger partial charge in [-0.2, -0.15) is 0 Å². The third-order valence-corrected chi connectivity index (χ3v) is 3.93. The average molecular weight is 296 g/mol. The van der Waals surface area contributed by atoms with Crippen molar-refractivity contribution in [3.8, 4) is 11.5 Å². The Morgan fingerprint density at radius 2 is 2.14 bits per heavy atom. The zero-order valence-corrected chi connectivity index (χ0v) is 12.1. The van der Waals surface area contributed by atoms with Crippen LogP contribution < -0.4 is 15.6 Å². The minimum atomic E-state index is -0.120. The zero-order chi connectivity index (χ0) is 15.1. The summed E-state index contributed by atoms with van der Waals surface area (Å²) in [5.74, 6) is 1.55. The molecule has 2 heterocycles. The van der Waals surface area contributed by atoms with Gasteiger partial charge in [-0.3, -0.25) is 0 Å². The van der Waals surface area contributed by atoms with Gasteiger partial charge in [-0.05, 0) is 29.8 Å². The number of phenolic OH excluding ortho intramolecular Hbond substituents is 1. The highest BCUT2D eigenvalue weighted by atomic mass is 16.5. The number of rotatable bonds is 2. The first-order valence-corrected chi connectivity index (χ1v) is 7.09. The lowest BCUT2D eigenvalue weighted by molar-refractivity contribution is 0.336. The summed E-state index contributed by atoms with van der Waals surface area (Å²) >= 11 is 0. The second-order valence-corrected chi connectivity index (χ2v) is 5.22. The van der Waals surface area contributed by atoms with Gasteiger partial charge < -0.3 is 14.4 Å². The minimum absolute atomic E-state index is 0.120. The van der Waals surface area contributed by atoms with Gasteiger partial charge in [-0.25, -0.2) is 15.8 Å². The molecule has 0 fully saturated rings. The van der Waals surface area contributed by atoms with Crippen LogP contribution in [0.3, 0.4) is 0 Å². The Morgan fingerprint density at radius 1 is 1.27 bits per heavy atom. The highest BCUT2D eigenvalue weighted by Gasteiger charge is 2.24. The number of aromatic hydroxyl groups is 1. The predicted molar refractivity (Wildman–Crippen MR) is 82.5 cm³/mol. The van der Waals surface area contributed by atoms with Gasteiger partial charge in [0.15, 0.2) is 11.5 Å². The molecule has 0 bridgehead atoms. The van der Waals surface area contributed by atoms with Crippen LogP contribution in [-0.2, 0) is 6.54 Å². The molecule has 3 N–H and O–H groups in total. The number of hydrazine groups is 1. The van der Waals surface area contributed by atoms with Crippen LogP contribution in [0.15, 0.2) is 42.5 Å². The van der Waals surface area contributed by atoms with Crippen molar-refractivity contribution in [1.29, 1.82) is 0 Å². The van der Waals surface area contributed by atoms with E-state index >= 15 is 0 Å². The lowest BCUT2D eigenvalue weighted by atomic mass is 10.1. The molecule has 0 aliphatic carbocycles. The fraction of sp³-hybridized carbons (Fsp3) is 0.188. The molecule has 1 unspecified atom stereocenters. The predicted octanol–water partition coefficient (Wildman–Crippen LogP) is 1.91. The molecule has 22 heavy (non-hydrogen) atoms. The standard InChI is InChI=1S/C16H16N4O2/c1-22-14-8-10(6-7-13(14)21)16-19-17-9-15-18-11-4-2-3-5-12(11)20(15)16/h2-8,16-17,19,21H,9H2,1H3. The average Bonchev–Trinajstić information content (AvgIpc) is 2.94. The number of phenols is 1. The second-order valence-electron chi connectivity index (χ2n) is 5.22. The topological polar surface area (TPSA) is 71.3 Å². The highest BCUT2D eigenvalue weighted by Crippen LogP contribution is 2.32. The van der Waals surface area contributed by atoms with Gasteiger partial charge in [-0.15, -0.1) is 0 Å². The van der Waals surface area contributed by atoms with E-state index in [0.717, 1.165) is 22.4 Å². The van der Waals surface area contributed by atoms with E-state index in [9.17, 15) is 5.11 Å². The number of hydrogen-bond donors (Lipinski definition) is 3. The summed E-state index contributed by atoms with van der Waals surface area (Å²) in [6, 6.07) is 13.4. The maximum Gasteiger partial charge on any atom is 0.160 e. The normalized spacial score (nSPS) is 17.4. The van der Waals surface area contributed by atoms with Crippen LogP contribution in [0.2, 0.25) is 0 Å². The fourth-order valence-electron chi connectivity index (χ4n) is 2.90. The van der Waals surface area contributed by atoms with E-state index in [-0.39, 0.29) is 11.9 Å². The molecule has 0 spiro atoms. The van der Waals surface area contributed by atoms with E-state index in [4.69, 9.17) is 4.74 Å². The second kappa shape index (κ2) is 5.01. The monoisotopic (exact) mass is 296 g/mol. The molecule has 0 saturated heterocycles. The number of methoxy groups -OCH3 is 1. The van der Waals surface area contributed by atoms with E-state index in [1.807, 2.05) is 30.3 Å². The number of fused-ring (bicyclic) bond motifs is 3. The zero-order valence-electron chi connectivity index (χ0n) is 12.1. The maximum absolute atomic E-state index is 9.78. The van der Waals surface area contributed by atoms with Crippen LogP contribution >= 0.6 is 0 Å². The van der Waals surface area contributed by atoms with Gasteiger partial charge in [0.25, 0.3) is 0 Å². The van der Waals surface area contributed by atoms with Crippen molar-refractivity contribution in [3.05, 3.63) is 53.9 Å². The van der Waals surface area contributed by atoms with Gasteiger partial charge in [0.05, 0.1) is 24.7 Å². The smallest absolute Gasteiger partial charge is 0.160 e. The van der Waals surface area contributed by atoms with E-state index in [1.54, 1.807) is 13.2 Å². The lowest BCUT2D eigenvalue weighted by Crippen LogP contribution is -2.44. The number of hydrogen-bond acceptors (Lipinski definition) is 5. The number of ether oxygens (including phenoxy) is 1. The molecule has 6 nitrogen and oxygen atoms in total. The Labute approximate surface area is 127 Å². The van der Waals surface area contributed by atoms with Gasteiger partial charge >= 0.3 is 0 Å². The SMILES string of the molecule is COc1cc(C2NNCc3nc4ccccc4n32)ccc1O. The first kappa shape index (κ1) is 13.1. The van der Waals surface area contributed by atoms with Gasteiger partial charge in [-0.1, -0.05) is 18.2 Å².